The Balaban J connectivity index is 1.73. The minimum atomic E-state index is -3.54. The molecular formula is C19H23N3O3S. The maximum atomic E-state index is 12.9. The maximum Gasteiger partial charge on any atom is 0.272 e. The third-order valence-electron chi connectivity index (χ3n) is 4.51. The number of benzene rings is 1. The summed E-state index contributed by atoms with van der Waals surface area (Å²) >= 11 is 0. The molecule has 1 aliphatic rings. The molecule has 0 atom stereocenters. The van der Waals surface area contributed by atoms with Gasteiger partial charge in [0.1, 0.15) is 5.69 Å². The summed E-state index contributed by atoms with van der Waals surface area (Å²) in [6.07, 6.45) is 0.600. The van der Waals surface area contributed by atoms with Crippen molar-refractivity contribution < 1.29 is 13.2 Å². The molecule has 2 aromatic rings. The van der Waals surface area contributed by atoms with Crippen LogP contribution in [0.4, 0.5) is 0 Å². The molecule has 26 heavy (non-hydrogen) atoms. The van der Waals surface area contributed by atoms with Gasteiger partial charge in [-0.15, -0.1) is 0 Å². The molecule has 1 amide bonds. The third kappa shape index (κ3) is 3.94. The molecule has 0 spiro atoms. The van der Waals surface area contributed by atoms with Gasteiger partial charge in [0.15, 0.2) is 0 Å². The molecule has 1 aromatic heterocycles. The highest BCUT2D eigenvalue weighted by Crippen LogP contribution is 2.19. The van der Waals surface area contributed by atoms with E-state index in [-0.39, 0.29) is 12.5 Å². The number of carbonyl (C=O) groups excluding carboxylic acids is 1. The van der Waals surface area contributed by atoms with Gasteiger partial charge in [0.05, 0.1) is 4.90 Å². The van der Waals surface area contributed by atoms with Crippen molar-refractivity contribution in [3.63, 3.8) is 0 Å². The molecule has 0 unspecified atom stereocenters. The zero-order chi connectivity index (χ0) is 18.7. The van der Waals surface area contributed by atoms with Gasteiger partial charge in [0.2, 0.25) is 10.0 Å². The molecule has 0 bridgehead atoms. The van der Waals surface area contributed by atoms with E-state index in [4.69, 9.17) is 0 Å². The third-order valence-corrected chi connectivity index (χ3v) is 6.42. The van der Waals surface area contributed by atoms with Crippen LogP contribution in [0.3, 0.4) is 0 Å². The lowest BCUT2D eigenvalue weighted by Crippen LogP contribution is -2.37. The zero-order valence-electron chi connectivity index (χ0n) is 15.1. The van der Waals surface area contributed by atoms with Crippen molar-refractivity contribution in [2.45, 2.75) is 25.2 Å². The summed E-state index contributed by atoms with van der Waals surface area (Å²) in [5.74, 6) is -0.150. The number of hydrogen-bond donors (Lipinski definition) is 0. The lowest BCUT2D eigenvalue weighted by atomic mass is 10.2. The molecular weight excluding hydrogens is 350 g/mol. The number of nitrogens with zero attached hydrogens (tertiary/aromatic N) is 3. The zero-order valence-corrected chi connectivity index (χ0v) is 15.9. The normalized spacial score (nSPS) is 16.3. The standard InChI is InChI=1S/C19H23N3O3S/c1-15-7-9-17(10-8-15)26(24,25)22-12-4-11-21(13-14-22)19(23)18-6-3-5-16(2)20-18/h3,5-10H,4,11-14H2,1-2H3. The average Bonchev–Trinajstić information content (AvgIpc) is 2.88. The summed E-state index contributed by atoms with van der Waals surface area (Å²) in [5.41, 5.74) is 2.20. The van der Waals surface area contributed by atoms with Gasteiger partial charge in [-0.1, -0.05) is 23.8 Å². The minimum Gasteiger partial charge on any atom is -0.336 e. The summed E-state index contributed by atoms with van der Waals surface area (Å²) in [6.45, 7) is 5.34. The van der Waals surface area contributed by atoms with E-state index in [0.29, 0.717) is 36.6 Å². The molecule has 2 heterocycles. The second-order valence-corrected chi connectivity index (χ2v) is 8.47. The average molecular weight is 373 g/mol. The predicted molar refractivity (Wildman–Crippen MR) is 99.4 cm³/mol. The van der Waals surface area contributed by atoms with Crippen LogP contribution in [0.15, 0.2) is 47.4 Å². The molecule has 6 nitrogen and oxygen atoms in total. The van der Waals surface area contributed by atoms with E-state index in [0.717, 1.165) is 11.3 Å². The second kappa shape index (κ2) is 7.55. The van der Waals surface area contributed by atoms with Gasteiger partial charge in [-0.25, -0.2) is 13.4 Å². The van der Waals surface area contributed by atoms with Gasteiger partial charge in [0.25, 0.3) is 5.91 Å². The lowest BCUT2D eigenvalue weighted by Gasteiger charge is -2.22. The molecule has 138 valence electrons. The van der Waals surface area contributed by atoms with Crippen LogP contribution in [0.2, 0.25) is 0 Å². The Morgan fingerprint density at radius 2 is 1.69 bits per heavy atom. The van der Waals surface area contributed by atoms with Crippen molar-refractivity contribution in [1.82, 2.24) is 14.2 Å². The van der Waals surface area contributed by atoms with Crippen LogP contribution in [0, 0.1) is 13.8 Å². The molecule has 3 rings (SSSR count). The molecule has 0 aliphatic carbocycles. The number of aromatic nitrogens is 1. The van der Waals surface area contributed by atoms with Crippen LogP contribution in [0.5, 0.6) is 0 Å². The van der Waals surface area contributed by atoms with Gasteiger partial charge in [-0.2, -0.15) is 4.31 Å². The number of hydrogen-bond acceptors (Lipinski definition) is 4. The first-order valence-electron chi connectivity index (χ1n) is 8.68. The Morgan fingerprint density at radius 3 is 2.38 bits per heavy atom. The van der Waals surface area contributed by atoms with Crippen molar-refractivity contribution in [3.05, 3.63) is 59.4 Å². The SMILES string of the molecule is Cc1ccc(S(=O)(=O)N2CCCN(C(=O)c3cccc(C)n3)CC2)cc1. The fourth-order valence-corrected chi connectivity index (χ4v) is 4.49. The minimum absolute atomic E-state index is 0.150. The van der Waals surface area contributed by atoms with E-state index in [2.05, 4.69) is 4.98 Å². The number of aryl methyl sites for hydroxylation is 2. The fraction of sp³-hybridized carbons (Fsp3) is 0.368. The first-order chi connectivity index (χ1) is 12.4. The van der Waals surface area contributed by atoms with E-state index in [1.54, 1.807) is 35.2 Å². The Bertz CT molecular complexity index is 895. The molecule has 1 fully saturated rings. The molecule has 0 radical (unpaired) electrons. The molecule has 0 N–H and O–H groups in total. The van der Waals surface area contributed by atoms with Crippen molar-refractivity contribution >= 4 is 15.9 Å². The highest BCUT2D eigenvalue weighted by atomic mass is 32.2. The van der Waals surface area contributed by atoms with Crippen LogP contribution >= 0.6 is 0 Å². The number of pyridine rings is 1. The molecule has 7 heteroatoms. The molecule has 1 aliphatic heterocycles. The quantitative estimate of drug-likeness (QED) is 0.827. The van der Waals surface area contributed by atoms with E-state index in [9.17, 15) is 13.2 Å². The number of rotatable bonds is 3. The number of carbonyl (C=O) groups is 1. The van der Waals surface area contributed by atoms with Gasteiger partial charge >= 0.3 is 0 Å². The highest BCUT2D eigenvalue weighted by Gasteiger charge is 2.28. The Morgan fingerprint density at radius 1 is 0.962 bits per heavy atom. The Hall–Kier alpha value is -2.25. The van der Waals surface area contributed by atoms with Gasteiger partial charge in [-0.3, -0.25) is 4.79 Å². The van der Waals surface area contributed by atoms with Gasteiger partial charge < -0.3 is 4.90 Å². The van der Waals surface area contributed by atoms with Crippen LogP contribution in [-0.4, -0.2) is 54.7 Å². The van der Waals surface area contributed by atoms with Crippen LogP contribution in [0.25, 0.3) is 0 Å². The van der Waals surface area contributed by atoms with Gasteiger partial charge in [-0.05, 0) is 44.5 Å². The lowest BCUT2D eigenvalue weighted by molar-refractivity contribution is 0.0758. The first-order valence-corrected chi connectivity index (χ1v) is 10.1. The predicted octanol–water partition coefficient (Wildman–Crippen LogP) is 2.24. The number of sulfonamides is 1. The Kier molecular flexibility index (Phi) is 5.38. The maximum absolute atomic E-state index is 12.9. The summed E-state index contributed by atoms with van der Waals surface area (Å²) in [6, 6.07) is 12.2. The van der Waals surface area contributed by atoms with Crippen LogP contribution in [0.1, 0.15) is 28.2 Å². The van der Waals surface area contributed by atoms with E-state index < -0.39 is 10.0 Å². The van der Waals surface area contributed by atoms with Crippen LogP contribution < -0.4 is 0 Å². The number of amides is 1. The van der Waals surface area contributed by atoms with Gasteiger partial charge in [0, 0.05) is 31.9 Å². The Labute approximate surface area is 154 Å². The molecule has 1 aromatic carbocycles. The van der Waals surface area contributed by atoms with Crippen molar-refractivity contribution in [1.29, 1.82) is 0 Å². The largest absolute Gasteiger partial charge is 0.336 e. The van der Waals surface area contributed by atoms with E-state index in [1.807, 2.05) is 26.0 Å². The topological polar surface area (TPSA) is 70.6 Å². The first kappa shape index (κ1) is 18.5. The summed E-state index contributed by atoms with van der Waals surface area (Å²) in [5, 5.41) is 0. The van der Waals surface area contributed by atoms with E-state index >= 15 is 0 Å². The van der Waals surface area contributed by atoms with E-state index in [1.165, 1.54) is 4.31 Å². The van der Waals surface area contributed by atoms with Crippen molar-refractivity contribution in [3.8, 4) is 0 Å². The second-order valence-electron chi connectivity index (χ2n) is 6.53. The van der Waals surface area contributed by atoms with Crippen LogP contribution in [-0.2, 0) is 10.0 Å². The monoisotopic (exact) mass is 373 g/mol. The molecule has 0 saturated carbocycles. The van der Waals surface area contributed by atoms with Crippen molar-refractivity contribution in [2.24, 2.45) is 0 Å². The summed E-state index contributed by atoms with van der Waals surface area (Å²) in [7, 11) is -3.54. The summed E-state index contributed by atoms with van der Waals surface area (Å²) in [4.78, 5) is 18.9. The fourth-order valence-electron chi connectivity index (χ4n) is 3.02. The smallest absolute Gasteiger partial charge is 0.272 e. The highest BCUT2D eigenvalue weighted by molar-refractivity contribution is 7.89. The van der Waals surface area contributed by atoms with Crippen molar-refractivity contribution in [2.75, 3.05) is 26.2 Å². The summed E-state index contributed by atoms with van der Waals surface area (Å²) < 4.78 is 27.2. The molecule has 1 saturated heterocycles.